The Balaban J connectivity index is 3.05. The first-order valence-electron chi connectivity index (χ1n) is 5.68. The predicted octanol–water partition coefficient (Wildman–Crippen LogP) is 3.74. The van der Waals surface area contributed by atoms with Crippen LogP contribution in [0.3, 0.4) is 0 Å². The highest BCUT2D eigenvalue weighted by Crippen LogP contribution is 2.44. The molecule has 80 valence electrons. The normalized spacial score (nSPS) is 23.4. The van der Waals surface area contributed by atoms with E-state index in [-0.39, 0.29) is 11.3 Å². The van der Waals surface area contributed by atoms with E-state index in [0.29, 0.717) is 0 Å². The number of carbonyl (C=O) groups excluding carboxylic acids is 1. The first-order valence-corrected chi connectivity index (χ1v) is 5.68. The molecule has 0 aromatic heterocycles. The number of hydrogen-bond acceptors (Lipinski definition) is 1. The summed E-state index contributed by atoms with van der Waals surface area (Å²) < 4.78 is 0. The second-order valence-corrected chi connectivity index (χ2v) is 5.08. The summed E-state index contributed by atoms with van der Waals surface area (Å²) >= 11 is 0. The van der Waals surface area contributed by atoms with Crippen LogP contribution in [0.2, 0.25) is 0 Å². The van der Waals surface area contributed by atoms with Crippen molar-refractivity contribution < 1.29 is 4.79 Å². The van der Waals surface area contributed by atoms with Gasteiger partial charge in [-0.25, -0.2) is 0 Å². The van der Waals surface area contributed by atoms with Crippen molar-refractivity contribution in [1.82, 2.24) is 0 Å². The maximum atomic E-state index is 11.0. The average Bonchev–Trinajstić information content (AvgIpc) is 2.11. The summed E-state index contributed by atoms with van der Waals surface area (Å²) in [4.78, 5) is 11.0. The predicted molar refractivity (Wildman–Crippen MR) is 60.2 cm³/mol. The zero-order valence-corrected chi connectivity index (χ0v) is 9.89. The quantitative estimate of drug-likeness (QED) is 0.494. The molecule has 0 radical (unpaired) electrons. The van der Waals surface area contributed by atoms with Crippen LogP contribution < -0.4 is 0 Å². The maximum absolute atomic E-state index is 11.0. The summed E-state index contributed by atoms with van der Waals surface area (Å²) in [5.74, 6) is 0.158. The van der Waals surface area contributed by atoms with E-state index in [1.165, 1.54) is 30.4 Å². The van der Waals surface area contributed by atoms with Gasteiger partial charge in [0, 0.05) is 5.92 Å². The lowest BCUT2D eigenvalue weighted by Gasteiger charge is -2.37. The summed E-state index contributed by atoms with van der Waals surface area (Å²) in [5.41, 5.74) is 3.12. The molecule has 0 saturated carbocycles. The van der Waals surface area contributed by atoms with Gasteiger partial charge in [0.2, 0.25) is 0 Å². The Morgan fingerprint density at radius 2 is 2.14 bits per heavy atom. The van der Waals surface area contributed by atoms with Gasteiger partial charge in [-0.1, -0.05) is 31.9 Å². The number of aldehydes is 1. The van der Waals surface area contributed by atoms with Crippen molar-refractivity contribution in [3.05, 3.63) is 11.1 Å². The number of allylic oxidation sites excluding steroid dienone is 2. The Bertz CT molecular complexity index is 248. The van der Waals surface area contributed by atoms with Crippen LogP contribution in [0.15, 0.2) is 11.1 Å². The van der Waals surface area contributed by atoms with E-state index in [1.54, 1.807) is 0 Å². The molecule has 1 rings (SSSR count). The Morgan fingerprint density at radius 3 is 2.57 bits per heavy atom. The minimum atomic E-state index is 0.158. The zero-order chi connectivity index (χ0) is 10.8. The molecule has 0 aromatic rings. The van der Waals surface area contributed by atoms with E-state index in [2.05, 4.69) is 27.7 Å². The molecule has 1 heteroatoms. The van der Waals surface area contributed by atoms with Gasteiger partial charge in [-0.3, -0.25) is 0 Å². The highest BCUT2D eigenvalue weighted by atomic mass is 16.1. The van der Waals surface area contributed by atoms with Gasteiger partial charge in [-0.2, -0.15) is 0 Å². The highest BCUT2D eigenvalue weighted by Gasteiger charge is 2.32. The van der Waals surface area contributed by atoms with Crippen molar-refractivity contribution in [3.8, 4) is 0 Å². The second kappa shape index (κ2) is 4.29. The van der Waals surface area contributed by atoms with Crippen LogP contribution in [0.5, 0.6) is 0 Å². The van der Waals surface area contributed by atoms with E-state index in [4.69, 9.17) is 0 Å². The van der Waals surface area contributed by atoms with Gasteiger partial charge in [0.05, 0.1) is 0 Å². The third-order valence-corrected chi connectivity index (χ3v) is 3.52. The standard InChI is InChI=1S/C13H22O/c1-5-11(9-14)12-10(2)7-6-8-13(12,3)4/h9,11H,5-8H2,1-4H3. The molecule has 0 heterocycles. The van der Waals surface area contributed by atoms with Crippen molar-refractivity contribution in [2.75, 3.05) is 0 Å². The van der Waals surface area contributed by atoms with E-state index in [0.717, 1.165) is 12.7 Å². The third kappa shape index (κ3) is 2.08. The second-order valence-electron chi connectivity index (χ2n) is 5.08. The molecule has 14 heavy (non-hydrogen) atoms. The minimum absolute atomic E-state index is 0.158. The molecule has 0 amide bonds. The fraction of sp³-hybridized carbons (Fsp3) is 0.769. The maximum Gasteiger partial charge on any atom is 0.127 e. The smallest absolute Gasteiger partial charge is 0.127 e. The van der Waals surface area contributed by atoms with Crippen LogP contribution in [0.1, 0.15) is 53.4 Å². The SMILES string of the molecule is CCC(C=O)C1=C(C)CCCC1(C)C. The lowest BCUT2D eigenvalue weighted by Crippen LogP contribution is -2.26. The van der Waals surface area contributed by atoms with Crippen LogP contribution in [-0.4, -0.2) is 6.29 Å². The van der Waals surface area contributed by atoms with Gasteiger partial charge in [-0.05, 0) is 38.0 Å². The largest absolute Gasteiger partial charge is 0.303 e. The van der Waals surface area contributed by atoms with Crippen LogP contribution in [-0.2, 0) is 4.79 Å². The van der Waals surface area contributed by atoms with Crippen LogP contribution in [0.25, 0.3) is 0 Å². The van der Waals surface area contributed by atoms with E-state index in [9.17, 15) is 4.79 Å². The molecule has 0 fully saturated rings. The van der Waals surface area contributed by atoms with Crippen molar-refractivity contribution in [1.29, 1.82) is 0 Å². The van der Waals surface area contributed by atoms with E-state index >= 15 is 0 Å². The molecule has 0 aliphatic heterocycles. The van der Waals surface area contributed by atoms with Crippen LogP contribution in [0, 0.1) is 11.3 Å². The number of hydrogen-bond donors (Lipinski definition) is 0. The Morgan fingerprint density at radius 1 is 1.50 bits per heavy atom. The first kappa shape index (κ1) is 11.5. The lowest BCUT2D eigenvalue weighted by molar-refractivity contribution is -0.110. The van der Waals surface area contributed by atoms with Gasteiger partial charge in [-0.15, -0.1) is 0 Å². The Hall–Kier alpha value is -0.590. The lowest BCUT2D eigenvalue weighted by atomic mass is 9.68. The molecular weight excluding hydrogens is 172 g/mol. The molecule has 1 atom stereocenters. The summed E-state index contributed by atoms with van der Waals surface area (Å²) in [6.45, 7) is 8.85. The molecule has 0 bridgehead atoms. The van der Waals surface area contributed by atoms with Gasteiger partial charge < -0.3 is 4.79 Å². The summed E-state index contributed by atoms with van der Waals surface area (Å²) in [7, 11) is 0. The molecule has 0 aromatic carbocycles. The van der Waals surface area contributed by atoms with E-state index < -0.39 is 0 Å². The fourth-order valence-electron chi connectivity index (χ4n) is 2.83. The fourth-order valence-corrected chi connectivity index (χ4v) is 2.83. The number of carbonyl (C=O) groups is 1. The van der Waals surface area contributed by atoms with Crippen LogP contribution in [0.4, 0.5) is 0 Å². The Labute approximate surface area is 87.6 Å². The van der Waals surface area contributed by atoms with Crippen molar-refractivity contribution in [2.24, 2.45) is 11.3 Å². The molecule has 1 nitrogen and oxygen atoms in total. The molecule has 0 saturated heterocycles. The molecule has 0 N–H and O–H groups in total. The molecule has 0 spiro atoms. The third-order valence-electron chi connectivity index (χ3n) is 3.52. The van der Waals surface area contributed by atoms with Crippen molar-refractivity contribution in [3.63, 3.8) is 0 Å². The summed E-state index contributed by atoms with van der Waals surface area (Å²) in [6.07, 6.45) is 5.76. The minimum Gasteiger partial charge on any atom is -0.303 e. The Kier molecular flexibility index (Phi) is 3.52. The van der Waals surface area contributed by atoms with Crippen LogP contribution >= 0.6 is 0 Å². The summed E-state index contributed by atoms with van der Waals surface area (Å²) in [6, 6.07) is 0. The number of rotatable bonds is 3. The molecule has 1 unspecified atom stereocenters. The monoisotopic (exact) mass is 194 g/mol. The topological polar surface area (TPSA) is 17.1 Å². The van der Waals surface area contributed by atoms with Gasteiger partial charge in [0.1, 0.15) is 6.29 Å². The van der Waals surface area contributed by atoms with E-state index in [1.807, 2.05) is 0 Å². The first-order chi connectivity index (χ1) is 6.53. The molecule has 1 aliphatic carbocycles. The van der Waals surface area contributed by atoms with Gasteiger partial charge in [0.25, 0.3) is 0 Å². The van der Waals surface area contributed by atoms with Crippen molar-refractivity contribution >= 4 is 6.29 Å². The molecular formula is C13H22O. The summed E-state index contributed by atoms with van der Waals surface area (Å²) in [5, 5.41) is 0. The average molecular weight is 194 g/mol. The van der Waals surface area contributed by atoms with Gasteiger partial charge >= 0.3 is 0 Å². The van der Waals surface area contributed by atoms with Crippen molar-refractivity contribution in [2.45, 2.75) is 53.4 Å². The highest BCUT2D eigenvalue weighted by molar-refractivity contribution is 5.60. The van der Waals surface area contributed by atoms with Gasteiger partial charge in [0.15, 0.2) is 0 Å². The zero-order valence-electron chi connectivity index (χ0n) is 9.89. The molecule has 1 aliphatic rings.